The summed E-state index contributed by atoms with van der Waals surface area (Å²) in [5.41, 5.74) is 0. The van der Waals surface area contributed by atoms with Crippen molar-refractivity contribution in [2.24, 2.45) is 0 Å². The Hall–Kier alpha value is 0.623. The summed E-state index contributed by atoms with van der Waals surface area (Å²) in [4.78, 5) is 0. The Morgan fingerprint density at radius 2 is 0.562 bits per heavy atom. The molecule has 0 saturated heterocycles. The summed E-state index contributed by atoms with van der Waals surface area (Å²) in [5, 5.41) is 0. The van der Waals surface area contributed by atoms with Gasteiger partial charge in [0.15, 0.2) is 0 Å². The van der Waals surface area contributed by atoms with Crippen LogP contribution in [0.4, 0.5) is 0 Å². The molecule has 0 aromatic heterocycles. The molecule has 10 radical (unpaired) electrons. The van der Waals surface area contributed by atoms with E-state index in [2.05, 4.69) is 34.6 Å². The van der Waals surface area contributed by atoms with E-state index in [0.717, 1.165) is 0 Å². The van der Waals surface area contributed by atoms with Crippen molar-refractivity contribution in [3.8, 4) is 0 Å². The van der Waals surface area contributed by atoms with E-state index in [4.69, 9.17) is 0 Å². The molecule has 0 aromatic rings. The fourth-order valence-electron chi connectivity index (χ4n) is 1.73. The second-order valence-electron chi connectivity index (χ2n) is 4.09. The predicted molar refractivity (Wildman–Crippen MR) is 66.1 cm³/mol. The molecule has 0 aromatic carbocycles. The maximum absolute atomic E-state index is 2.20. The molecule has 88 valence electrons. The molecule has 2 fully saturated rings. The van der Waals surface area contributed by atoms with Gasteiger partial charge in [-0.3, -0.25) is 0 Å². The Balaban J connectivity index is 0.000000318. The van der Waals surface area contributed by atoms with Gasteiger partial charge in [-0.25, -0.2) is 0 Å². The van der Waals surface area contributed by atoms with Crippen molar-refractivity contribution in [1.82, 2.24) is 0 Å². The van der Waals surface area contributed by atoms with E-state index in [1.54, 1.807) is 0 Å². The Labute approximate surface area is 116 Å². The maximum Gasteiger partial charge on any atom is 0 e. The average Bonchev–Trinajstić information content (AvgIpc) is 2.86. The second kappa shape index (κ2) is 7.86. The van der Waals surface area contributed by atoms with Crippen LogP contribution in [-0.2, 0) is 19.5 Å². The zero-order chi connectivity index (χ0) is 11.4. The van der Waals surface area contributed by atoms with Crippen LogP contribution in [0.1, 0.15) is 34.6 Å². The molecule has 2 aliphatic carbocycles. The van der Waals surface area contributed by atoms with Gasteiger partial charge in [-0.1, -0.05) is 34.6 Å². The summed E-state index contributed by atoms with van der Waals surface area (Å²) < 4.78 is 0. The molecule has 2 saturated carbocycles. The van der Waals surface area contributed by atoms with E-state index in [9.17, 15) is 0 Å². The summed E-state index contributed by atoms with van der Waals surface area (Å²) in [5.74, 6) is 7.34. The van der Waals surface area contributed by atoms with E-state index in [0.29, 0.717) is 0 Å². The summed E-state index contributed by atoms with van der Waals surface area (Å²) >= 11 is 0. The molecule has 2 rings (SSSR count). The molecular formula is C15H20Ru. The topological polar surface area (TPSA) is 0 Å². The van der Waals surface area contributed by atoms with Crippen LogP contribution in [0.2, 0.25) is 0 Å². The van der Waals surface area contributed by atoms with Crippen LogP contribution in [0.3, 0.4) is 0 Å². The smallest absolute Gasteiger partial charge is 0 e. The molecule has 0 bridgehead atoms. The van der Waals surface area contributed by atoms with E-state index in [1.165, 1.54) is 29.6 Å². The van der Waals surface area contributed by atoms with Crippen molar-refractivity contribution in [3.63, 3.8) is 0 Å². The zero-order valence-electron chi connectivity index (χ0n) is 10.7. The van der Waals surface area contributed by atoms with Crippen molar-refractivity contribution in [2.45, 2.75) is 34.6 Å². The van der Waals surface area contributed by atoms with Crippen LogP contribution >= 0.6 is 0 Å². The Morgan fingerprint density at radius 1 is 0.438 bits per heavy atom. The van der Waals surface area contributed by atoms with Crippen LogP contribution in [-0.4, -0.2) is 0 Å². The third-order valence-corrected chi connectivity index (χ3v) is 3.37. The van der Waals surface area contributed by atoms with Crippen LogP contribution in [0.15, 0.2) is 0 Å². The molecule has 0 N–H and O–H groups in total. The minimum atomic E-state index is 0. The zero-order valence-corrected chi connectivity index (χ0v) is 12.5. The fraction of sp³-hybridized carbons (Fsp3) is 0.333. The maximum atomic E-state index is 2.20. The first-order valence-corrected chi connectivity index (χ1v) is 5.42. The van der Waals surface area contributed by atoms with E-state index in [1.807, 2.05) is 32.1 Å². The molecule has 0 atom stereocenters. The molecule has 1 heteroatoms. The molecule has 0 heterocycles. The van der Waals surface area contributed by atoms with Crippen LogP contribution in [0.5, 0.6) is 0 Å². The van der Waals surface area contributed by atoms with Crippen LogP contribution < -0.4 is 0 Å². The van der Waals surface area contributed by atoms with Gasteiger partial charge in [0, 0.05) is 19.5 Å². The Kier molecular flexibility index (Phi) is 8.16. The summed E-state index contributed by atoms with van der Waals surface area (Å²) in [6.45, 7) is 11.0. The monoisotopic (exact) mass is 302 g/mol. The first-order chi connectivity index (χ1) is 7.05. The predicted octanol–water partition coefficient (Wildman–Crippen LogP) is 3.99. The number of hydrogen-bond acceptors (Lipinski definition) is 0. The molecule has 0 aliphatic heterocycles. The van der Waals surface area contributed by atoms with Gasteiger partial charge >= 0.3 is 0 Å². The molecule has 0 unspecified atom stereocenters. The van der Waals surface area contributed by atoms with Gasteiger partial charge in [0.05, 0.1) is 0 Å². The van der Waals surface area contributed by atoms with Crippen LogP contribution in [0.25, 0.3) is 0 Å². The van der Waals surface area contributed by atoms with E-state index < -0.39 is 0 Å². The van der Waals surface area contributed by atoms with Crippen molar-refractivity contribution >= 4 is 0 Å². The molecule has 16 heavy (non-hydrogen) atoms. The Morgan fingerprint density at radius 3 is 0.688 bits per heavy atom. The summed E-state index contributed by atoms with van der Waals surface area (Å²) in [7, 11) is 0. The molecule has 2 aliphatic rings. The van der Waals surface area contributed by atoms with Gasteiger partial charge in [0.25, 0.3) is 0 Å². The third kappa shape index (κ3) is 4.13. The number of rotatable bonds is 0. The SMILES string of the molecule is C[C]1[C](C)[C](C)[C](C)[C]1C.[CH]1[CH][CH][CH][CH]1.[Ru]. The first-order valence-electron chi connectivity index (χ1n) is 5.42. The van der Waals surface area contributed by atoms with Gasteiger partial charge in [-0.15, -0.1) is 0 Å². The molecule has 0 nitrogen and oxygen atoms in total. The molecule has 0 spiro atoms. The number of hydrogen-bond donors (Lipinski definition) is 0. The average molecular weight is 301 g/mol. The van der Waals surface area contributed by atoms with Crippen molar-refractivity contribution in [1.29, 1.82) is 0 Å². The molecule has 0 amide bonds. The van der Waals surface area contributed by atoms with Crippen molar-refractivity contribution < 1.29 is 19.5 Å². The van der Waals surface area contributed by atoms with Gasteiger partial charge < -0.3 is 0 Å². The standard InChI is InChI=1S/C10H15.C5H5.Ru/c1-6-7(2)9(4)10(5)8(6)3;1-2-4-5-3-1;/h1-5H3;1-5H;. The minimum Gasteiger partial charge on any atom is -0.0579 e. The summed E-state index contributed by atoms with van der Waals surface area (Å²) in [6.07, 6.45) is 10.0. The van der Waals surface area contributed by atoms with Crippen molar-refractivity contribution in [3.05, 3.63) is 61.7 Å². The van der Waals surface area contributed by atoms with Gasteiger partial charge in [0.1, 0.15) is 0 Å². The first kappa shape index (κ1) is 16.6. The van der Waals surface area contributed by atoms with Crippen molar-refractivity contribution in [2.75, 3.05) is 0 Å². The fourth-order valence-corrected chi connectivity index (χ4v) is 1.73. The van der Waals surface area contributed by atoms with E-state index >= 15 is 0 Å². The van der Waals surface area contributed by atoms with Gasteiger partial charge in [-0.05, 0) is 61.7 Å². The third-order valence-electron chi connectivity index (χ3n) is 3.37. The molecular weight excluding hydrogens is 281 g/mol. The quantitative estimate of drug-likeness (QED) is 0.593. The minimum absolute atomic E-state index is 0. The van der Waals surface area contributed by atoms with Gasteiger partial charge in [-0.2, -0.15) is 0 Å². The Bertz CT molecular complexity index is 122. The largest absolute Gasteiger partial charge is 0.0579 e. The van der Waals surface area contributed by atoms with Crippen LogP contribution in [0, 0.1) is 61.7 Å². The van der Waals surface area contributed by atoms with Gasteiger partial charge in [0.2, 0.25) is 0 Å². The normalized spacial score (nSPS) is 25.3. The summed E-state index contributed by atoms with van der Waals surface area (Å²) in [6, 6.07) is 0. The van der Waals surface area contributed by atoms with E-state index in [-0.39, 0.29) is 19.5 Å². The second-order valence-corrected chi connectivity index (χ2v) is 4.09.